The fourth-order valence-electron chi connectivity index (χ4n) is 3.29. The highest BCUT2D eigenvalue weighted by molar-refractivity contribution is 5.29. The summed E-state index contributed by atoms with van der Waals surface area (Å²) in [5, 5.41) is 3.57. The van der Waals surface area contributed by atoms with Gasteiger partial charge in [0.15, 0.2) is 0 Å². The van der Waals surface area contributed by atoms with Crippen LogP contribution in [0.4, 0.5) is 4.39 Å². The molecule has 3 rings (SSSR count). The molecule has 0 spiro atoms. The Labute approximate surface area is 113 Å². The Balaban J connectivity index is 1.65. The summed E-state index contributed by atoms with van der Waals surface area (Å²) < 4.78 is 19.0. The maximum absolute atomic E-state index is 13.9. The summed E-state index contributed by atoms with van der Waals surface area (Å²) in [4.78, 5) is 2.36. The summed E-state index contributed by atoms with van der Waals surface area (Å²) >= 11 is 0. The lowest BCUT2D eigenvalue weighted by Gasteiger charge is -2.24. The van der Waals surface area contributed by atoms with E-state index in [1.54, 1.807) is 7.11 Å². The number of nitrogens with one attached hydrogen (secondary N) is 1. The predicted octanol–water partition coefficient (Wildman–Crippen LogP) is 2.02. The van der Waals surface area contributed by atoms with Crippen molar-refractivity contribution in [2.45, 2.75) is 25.4 Å². The van der Waals surface area contributed by atoms with Crippen LogP contribution in [-0.4, -0.2) is 37.7 Å². The monoisotopic (exact) mass is 264 g/mol. The third kappa shape index (κ3) is 2.74. The van der Waals surface area contributed by atoms with Crippen LogP contribution in [0.2, 0.25) is 0 Å². The predicted molar refractivity (Wildman–Crippen MR) is 72.7 cm³/mol. The zero-order valence-corrected chi connectivity index (χ0v) is 11.4. The molecule has 0 amide bonds. The Morgan fingerprint density at radius 3 is 3.05 bits per heavy atom. The summed E-state index contributed by atoms with van der Waals surface area (Å²) in [6.07, 6.45) is 2.57. The van der Waals surface area contributed by atoms with Crippen LogP contribution < -0.4 is 10.1 Å². The molecule has 0 bridgehead atoms. The molecule has 0 saturated carbocycles. The van der Waals surface area contributed by atoms with Crippen LogP contribution in [0.25, 0.3) is 0 Å². The Hall–Kier alpha value is -1.13. The lowest BCUT2D eigenvalue weighted by molar-refractivity contribution is 0.307. The van der Waals surface area contributed by atoms with Gasteiger partial charge in [0.25, 0.3) is 0 Å². The molecule has 104 valence electrons. The van der Waals surface area contributed by atoms with E-state index in [0.29, 0.717) is 18.3 Å². The van der Waals surface area contributed by atoms with Gasteiger partial charge in [0.1, 0.15) is 11.6 Å². The first-order valence-electron chi connectivity index (χ1n) is 7.04. The maximum Gasteiger partial charge on any atom is 0.131 e. The largest absolute Gasteiger partial charge is 0.497 e. The summed E-state index contributed by atoms with van der Waals surface area (Å²) in [5.41, 5.74) is 0.763. The molecule has 2 aliphatic heterocycles. The van der Waals surface area contributed by atoms with Crippen LogP contribution in [0.15, 0.2) is 18.2 Å². The number of hydrogen-bond acceptors (Lipinski definition) is 3. The molecule has 3 nitrogen and oxygen atoms in total. The number of benzene rings is 1. The third-order valence-corrected chi connectivity index (χ3v) is 4.33. The molecule has 2 saturated heterocycles. The zero-order chi connectivity index (χ0) is 13.2. The molecule has 0 radical (unpaired) electrons. The van der Waals surface area contributed by atoms with Crippen molar-refractivity contribution >= 4 is 0 Å². The fraction of sp³-hybridized carbons (Fsp3) is 0.600. The third-order valence-electron chi connectivity index (χ3n) is 4.33. The quantitative estimate of drug-likeness (QED) is 0.904. The second-order valence-corrected chi connectivity index (χ2v) is 5.61. The topological polar surface area (TPSA) is 24.5 Å². The molecule has 2 fully saturated rings. The van der Waals surface area contributed by atoms with Gasteiger partial charge in [0.2, 0.25) is 0 Å². The Kier molecular flexibility index (Phi) is 3.71. The van der Waals surface area contributed by atoms with Crippen molar-refractivity contribution in [1.29, 1.82) is 0 Å². The summed E-state index contributed by atoms with van der Waals surface area (Å²) in [6.45, 7) is 3.95. The van der Waals surface area contributed by atoms with Crippen LogP contribution in [0.5, 0.6) is 5.75 Å². The highest BCUT2D eigenvalue weighted by Crippen LogP contribution is 2.27. The van der Waals surface area contributed by atoms with Gasteiger partial charge in [0, 0.05) is 37.3 Å². The van der Waals surface area contributed by atoms with E-state index in [4.69, 9.17) is 4.74 Å². The number of fused-ring (bicyclic) bond motifs is 1. The number of nitrogens with zero attached hydrogens (tertiary/aromatic N) is 1. The molecule has 0 aromatic heterocycles. The number of rotatable bonds is 3. The molecule has 1 N–H and O–H groups in total. The molecule has 0 unspecified atom stereocenters. The summed E-state index contributed by atoms with van der Waals surface area (Å²) in [7, 11) is 1.56. The highest BCUT2D eigenvalue weighted by Gasteiger charge is 2.34. The average Bonchev–Trinajstić information content (AvgIpc) is 2.83. The van der Waals surface area contributed by atoms with Crippen molar-refractivity contribution in [1.82, 2.24) is 10.2 Å². The molecule has 2 atom stereocenters. The molecule has 1 aromatic carbocycles. The van der Waals surface area contributed by atoms with Gasteiger partial charge in [-0.25, -0.2) is 4.39 Å². The number of piperidine rings is 1. The Bertz CT molecular complexity index is 438. The van der Waals surface area contributed by atoms with Crippen molar-refractivity contribution in [3.63, 3.8) is 0 Å². The molecule has 4 heteroatoms. The number of methoxy groups -OCH3 is 1. The van der Waals surface area contributed by atoms with Crippen LogP contribution >= 0.6 is 0 Å². The minimum Gasteiger partial charge on any atom is -0.497 e. The second kappa shape index (κ2) is 5.47. The van der Waals surface area contributed by atoms with E-state index in [-0.39, 0.29) is 5.82 Å². The van der Waals surface area contributed by atoms with Crippen LogP contribution in [0, 0.1) is 11.7 Å². The highest BCUT2D eigenvalue weighted by atomic mass is 19.1. The SMILES string of the molecule is COc1ccc(CN2C[C@@H]3CCCN[C@@H]3C2)c(F)c1. The van der Waals surface area contributed by atoms with Crippen molar-refractivity contribution in [2.75, 3.05) is 26.7 Å². The molecular formula is C15H21FN2O. The van der Waals surface area contributed by atoms with E-state index < -0.39 is 0 Å². The van der Waals surface area contributed by atoms with Crippen LogP contribution in [0.3, 0.4) is 0 Å². The van der Waals surface area contributed by atoms with Gasteiger partial charge in [-0.3, -0.25) is 4.90 Å². The van der Waals surface area contributed by atoms with Crippen molar-refractivity contribution in [3.05, 3.63) is 29.6 Å². The Morgan fingerprint density at radius 2 is 2.32 bits per heavy atom. The van der Waals surface area contributed by atoms with Crippen molar-refractivity contribution in [3.8, 4) is 5.75 Å². The molecule has 1 aromatic rings. The van der Waals surface area contributed by atoms with Crippen LogP contribution in [-0.2, 0) is 6.54 Å². The van der Waals surface area contributed by atoms with Gasteiger partial charge >= 0.3 is 0 Å². The molecule has 19 heavy (non-hydrogen) atoms. The van der Waals surface area contributed by atoms with Gasteiger partial charge in [-0.2, -0.15) is 0 Å². The van der Waals surface area contributed by atoms with E-state index in [2.05, 4.69) is 10.2 Å². The number of likely N-dealkylation sites (tertiary alicyclic amines) is 1. The fourth-order valence-corrected chi connectivity index (χ4v) is 3.29. The standard InChI is InChI=1S/C15H21FN2O/c1-19-13-5-4-11(14(16)7-13)8-18-9-12-3-2-6-17-15(12)10-18/h4-5,7,12,15,17H,2-3,6,8-10H2,1H3/t12-,15+/m0/s1. The van der Waals surface area contributed by atoms with E-state index in [1.165, 1.54) is 18.9 Å². The van der Waals surface area contributed by atoms with Gasteiger partial charge in [-0.15, -0.1) is 0 Å². The smallest absolute Gasteiger partial charge is 0.131 e. The van der Waals surface area contributed by atoms with Gasteiger partial charge in [-0.05, 0) is 31.4 Å². The first-order valence-corrected chi connectivity index (χ1v) is 7.04. The van der Waals surface area contributed by atoms with Gasteiger partial charge in [-0.1, -0.05) is 6.07 Å². The molecule has 2 heterocycles. The van der Waals surface area contributed by atoms with E-state index in [9.17, 15) is 4.39 Å². The molecule has 2 aliphatic rings. The van der Waals surface area contributed by atoms with Crippen molar-refractivity contribution in [2.24, 2.45) is 5.92 Å². The van der Waals surface area contributed by atoms with E-state index in [1.807, 2.05) is 12.1 Å². The molecule has 0 aliphatic carbocycles. The van der Waals surface area contributed by atoms with Crippen molar-refractivity contribution < 1.29 is 9.13 Å². The molecular weight excluding hydrogens is 243 g/mol. The lowest BCUT2D eigenvalue weighted by atomic mass is 9.94. The first-order chi connectivity index (χ1) is 9.26. The summed E-state index contributed by atoms with van der Waals surface area (Å²) in [6, 6.07) is 5.75. The van der Waals surface area contributed by atoms with Gasteiger partial charge < -0.3 is 10.1 Å². The first kappa shape index (κ1) is 12.9. The normalized spacial score (nSPS) is 27.3. The average molecular weight is 264 g/mol. The van der Waals surface area contributed by atoms with E-state index in [0.717, 1.165) is 31.1 Å². The maximum atomic E-state index is 13.9. The minimum atomic E-state index is -0.165. The number of hydrogen-bond donors (Lipinski definition) is 1. The number of halogens is 1. The summed E-state index contributed by atoms with van der Waals surface area (Å²) in [5.74, 6) is 1.16. The van der Waals surface area contributed by atoms with Gasteiger partial charge in [0.05, 0.1) is 7.11 Å². The number of ether oxygens (including phenoxy) is 1. The minimum absolute atomic E-state index is 0.165. The lowest BCUT2D eigenvalue weighted by Crippen LogP contribution is -2.40. The van der Waals surface area contributed by atoms with Crippen LogP contribution in [0.1, 0.15) is 18.4 Å². The second-order valence-electron chi connectivity index (χ2n) is 5.61. The Morgan fingerprint density at radius 1 is 1.42 bits per heavy atom. The zero-order valence-electron chi connectivity index (χ0n) is 11.4. The van der Waals surface area contributed by atoms with E-state index >= 15 is 0 Å².